The summed E-state index contributed by atoms with van der Waals surface area (Å²) in [5.74, 6) is -2.22. The van der Waals surface area contributed by atoms with E-state index >= 15 is 0 Å². The van der Waals surface area contributed by atoms with Gasteiger partial charge in [0, 0.05) is 11.1 Å². The normalized spacial score (nSPS) is 13.7. The number of amides is 3. The SMILES string of the molecule is Cc1ccccc1NC(=O)Cc1nc(COC(=O)[C@H](C(C)C)N2C(=O)c3ccccc3C2=O)cs1. The Labute approximate surface area is 206 Å². The zero-order chi connectivity index (χ0) is 25.1. The van der Waals surface area contributed by atoms with Crippen molar-refractivity contribution < 1.29 is 23.9 Å². The molecular weight excluding hydrogens is 466 g/mol. The minimum absolute atomic E-state index is 0.0939. The van der Waals surface area contributed by atoms with Gasteiger partial charge in [0.05, 0.1) is 23.2 Å². The highest BCUT2D eigenvalue weighted by molar-refractivity contribution is 7.09. The lowest BCUT2D eigenvalue weighted by Crippen LogP contribution is -2.48. The molecule has 180 valence electrons. The van der Waals surface area contributed by atoms with E-state index in [4.69, 9.17) is 4.74 Å². The topological polar surface area (TPSA) is 106 Å². The molecule has 3 aromatic rings. The van der Waals surface area contributed by atoms with Gasteiger partial charge in [-0.15, -0.1) is 11.3 Å². The van der Waals surface area contributed by atoms with Crippen molar-refractivity contribution in [3.63, 3.8) is 0 Å². The molecule has 0 radical (unpaired) electrons. The number of hydrogen-bond donors (Lipinski definition) is 1. The van der Waals surface area contributed by atoms with E-state index < -0.39 is 23.8 Å². The molecule has 2 aromatic carbocycles. The number of aryl methyl sites for hydroxylation is 1. The molecule has 0 unspecified atom stereocenters. The minimum atomic E-state index is -1.06. The van der Waals surface area contributed by atoms with Gasteiger partial charge in [-0.1, -0.05) is 44.2 Å². The number of aromatic nitrogens is 1. The third-order valence-electron chi connectivity index (χ3n) is 5.67. The second-order valence-corrected chi connectivity index (χ2v) is 9.54. The first kappa shape index (κ1) is 24.3. The summed E-state index contributed by atoms with van der Waals surface area (Å²) in [7, 11) is 0. The van der Waals surface area contributed by atoms with Gasteiger partial charge in [-0.3, -0.25) is 19.3 Å². The van der Waals surface area contributed by atoms with Gasteiger partial charge < -0.3 is 10.1 Å². The molecule has 0 fully saturated rings. The third-order valence-corrected chi connectivity index (χ3v) is 6.57. The van der Waals surface area contributed by atoms with Crippen LogP contribution < -0.4 is 5.32 Å². The second-order valence-electron chi connectivity index (χ2n) is 8.59. The summed E-state index contributed by atoms with van der Waals surface area (Å²) in [4.78, 5) is 56.4. The number of ether oxygens (including phenoxy) is 1. The van der Waals surface area contributed by atoms with E-state index in [0.717, 1.165) is 16.2 Å². The van der Waals surface area contributed by atoms with Crippen LogP contribution in [0.5, 0.6) is 0 Å². The van der Waals surface area contributed by atoms with Crippen LogP contribution in [0, 0.1) is 12.8 Å². The molecule has 35 heavy (non-hydrogen) atoms. The molecular formula is C26H25N3O5S. The van der Waals surface area contributed by atoms with Gasteiger partial charge in [-0.25, -0.2) is 9.78 Å². The van der Waals surface area contributed by atoms with Crippen molar-refractivity contribution in [3.8, 4) is 0 Å². The highest BCUT2D eigenvalue weighted by Crippen LogP contribution is 2.28. The van der Waals surface area contributed by atoms with Crippen molar-refractivity contribution in [2.45, 2.75) is 39.8 Å². The standard InChI is InChI=1S/C26H25N3O5S/c1-15(2)23(29-24(31)18-9-5-6-10-19(18)25(29)32)26(33)34-13-17-14-35-22(27-17)12-21(30)28-20-11-7-4-8-16(20)3/h4-11,14-15,23H,12-13H2,1-3H3,(H,28,30)/t23-/m0/s1. The number of fused-ring (bicyclic) bond motifs is 1. The molecule has 0 saturated carbocycles. The molecule has 8 nitrogen and oxygen atoms in total. The number of hydrogen-bond acceptors (Lipinski definition) is 7. The molecule has 4 rings (SSSR count). The number of esters is 1. The van der Waals surface area contributed by atoms with Crippen LogP contribution in [0.25, 0.3) is 0 Å². The number of para-hydroxylation sites is 1. The van der Waals surface area contributed by atoms with Crippen molar-refractivity contribution in [3.05, 3.63) is 81.3 Å². The Bertz CT molecular complexity index is 1260. The van der Waals surface area contributed by atoms with E-state index in [1.165, 1.54) is 11.3 Å². The summed E-state index contributed by atoms with van der Waals surface area (Å²) in [6, 6.07) is 12.9. The summed E-state index contributed by atoms with van der Waals surface area (Å²) >= 11 is 1.29. The van der Waals surface area contributed by atoms with Gasteiger partial charge in [0.1, 0.15) is 17.7 Å². The van der Waals surface area contributed by atoms with Crippen LogP contribution in [0.3, 0.4) is 0 Å². The molecule has 0 bridgehead atoms. The van der Waals surface area contributed by atoms with E-state index in [1.807, 2.05) is 31.2 Å². The van der Waals surface area contributed by atoms with Crippen molar-refractivity contribution >= 4 is 40.7 Å². The fourth-order valence-corrected chi connectivity index (χ4v) is 4.69. The van der Waals surface area contributed by atoms with Crippen molar-refractivity contribution in [2.24, 2.45) is 5.92 Å². The van der Waals surface area contributed by atoms with Gasteiger partial charge in [0.15, 0.2) is 0 Å². The summed E-state index contributed by atoms with van der Waals surface area (Å²) < 4.78 is 5.45. The Balaban J connectivity index is 1.37. The number of benzene rings is 2. The molecule has 3 amide bonds. The van der Waals surface area contributed by atoms with Crippen LogP contribution in [-0.2, 0) is 27.4 Å². The monoisotopic (exact) mass is 491 g/mol. The molecule has 1 aliphatic rings. The Kier molecular flexibility index (Phi) is 7.07. The molecule has 0 saturated heterocycles. The lowest BCUT2D eigenvalue weighted by molar-refractivity contribution is -0.151. The minimum Gasteiger partial charge on any atom is -0.458 e. The Morgan fingerprint density at radius 3 is 2.29 bits per heavy atom. The van der Waals surface area contributed by atoms with Crippen LogP contribution in [0.1, 0.15) is 50.8 Å². The first-order valence-corrected chi connectivity index (χ1v) is 12.1. The van der Waals surface area contributed by atoms with E-state index in [2.05, 4.69) is 10.3 Å². The first-order chi connectivity index (χ1) is 16.8. The average Bonchev–Trinajstić information content (AvgIpc) is 3.37. The molecule has 2 heterocycles. The van der Waals surface area contributed by atoms with Crippen LogP contribution in [0.2, 0.25) is 0 Å². The fourth-order valence-electron chi connectivity index (χ4n) is 3.91. The van der Waals surface area contributed by atoms with Crippen molar-refractivity contribution in [2.75, 3.05) is 5.32 Å². The van der Waals surface area contributed by atoms with Crippen LogP contribution in [-0.4, -0.2) is 39.6 Å². The lowest BCUT2D eigenvalue weighted by atomic mass is 10.0. The number of imide groups is 1. The van der Waals surface area contributed by atoms with Crippen LogP contribution >= 0.6 is 11.3 Å². The molecule has 1 aliphatic heterocycles. The maximum absolute atomic E-state index is 13.0. The average molecular weight is 492 g/mol. The summed E-state index contributed by atoms with van der Waals surface area (Å²) in [6.07, 6.45) is 0.0939. The van der Waals surface area contributed by atoms with Crippen LogP contribution in [0.4, 0.5) is 5.69 Å². The van der Waals surface area contributed by atoms with E-state index in [-0.39, 0.29) is 36.0 Å². The maximum atomic E-state index is 13.0. The quantitative estimate of drug-likeness (QED) is 0.377. The third kappa shape index (κ3) is 5.14. The molecule has 9 heteroatoms. The van der Waals surface area contributed by atoms with E-state index in [1.54, 1.807) is 43.5 Å². The van der Waals surface area contributed by atoms with E-state index in [0.29, 0.717) is 10.7 Å². The molecule has 0 spiro atoms. The Morgan fingerprint density at radius 1 is 1.03 bits per heavy atom. The molecule has 1 aromatic heterocycles. The largest absolute Gasteiger partial charge is 0.458 e. The molecule has 1 N–H and O–H groups in total. The highest BCUT2D eigenvalue weighted by atomic mass is 32.1. The number of thiazole rings is 1. The predicted octanol–water partition coefficient (Wildman–Crippen LogP) is 4.00. The van der Waals surface area contributed by atoms with Gasteiger partial charge in [0.25, 0.3) is 11.8 Å². The zero-order valence-electron chi connectivity index (χ0n) is 19.6. The van der Waals surface area contributed by atoms with Gasteiger partial charge in [-0.2, -0.15) is 0 Å². The highest BCUT2D eigenvalue weighted by Gasteiger charge is 2.44. The molecule has 1 atom stereocenters. The Morgan fingerprint density at radius 2 is 1.66 bits per heavy atom. The summed E-state index contributed by atoms with van der Waals surface area (Å²) in [5, 5.41) is 5.17. The van der Waals surface area contributed by atoms with Crippen molar-refractivity contribution in [1.82, 2.24) is 9.88 Å². The Hall–Kier alpha value is -3.85. The van der Waals surface area contributed by atoms with Crippen LogP contribution in [0.15, 0.2) is 53.9 Å². The molecule has 0 aliphatic carbocycles. The fraction of sp³-hybridized carbons (Fsp3) is 0.269. The predicted molar refractivity (Wildman–Crippen MR) is 131 cm³/mol. The van der Waals surface area contributed by atoms with Crippen molar-refractivity contribution in [1.29, 1.82) is 0 Å². The second kappa shape index (κ2) is 10.2. The van der Waals surface area contributed by atoms with Gasteiger partial charge in [0.2, 0.25) is 5.91 Å². The van der Waals surface area contributed by atoms with E-state index in [9.17, 15) is 19.2 Å². The number of carbonyl (C=O) groups is 4. The number of rotatable bonds is 8. The number of carbonyl (C=O) groups excluding carboxylic acids is 4. The van der Waals surface area contributed by atoms with Gasteiger partial charge >= 0.3 is 5.97 Å². The number of nitrogens with zero attached hydrogens (tertiary/aromatic N) is 2. The maximum Gasteiger partial charge on any atom is 0.330 e. The first-order valence-electron chi connectivity index (χ1n) is 11.2. The summed E-state index contributed by atoms with van der Waals surface area (Å²) in [6.45, 7) is 5.30. The van der Waals surface area contributed by atoms with Gasteiger partial charge in [-0.05, 0) is 36.6 Å². The summed E-state index contributed by atoms with van der Waals surface area (Å²) in [5.41, 5.74) is 2.77. The lowest BCUT2D eigenvalue weighted by Gasteiger charge is -2.27. The smallest absolute Gasteiger partial charge is 0.330 e. The number of nitrogens with one attached hydrogen (secondary N) is 1. The zero-order valence-corrected chi connectivity index (χ0v) is 20.4. The number of anilines is 1.